The molecule has 4 rings (SSSR count). The van der Waals surface area contributed by atoms with Crippen LogP contribution in [0.1, 0.15) is 60.9 Å². The third-order valence-corrected chi connectivity index (χ3v) is 6.56. The predicted molar refractivity (Wildman–Crippen MR) is 112 cm³/mol. The maximum Gasteiger partial charge on any atom is 0.248 e. The zero-order chi connectivity index (χ0) is 20.2. The lowest BCUT2D eigenvalue weighted by Gasteiger charge is -2.26. The summed E-state index contributed by atoms with van der Waals surface area (Å²) in [5, 5.41) is 22.8. The monoisotopic (exact) mass is 413 g/mol. The number of H-pyrrole nitrogens is 1. The van der Waals surface area contributed by atoms with E-state index in [0.29, 0.717) is 24.1 Å². The van der Waals surface area contributed by atoms with E-state index in [9.17, 15) is 4.79 Å². The molecule has 7 nitrogen and oxygen atoms in total. The Bertz CT molecular complexity index is 919. The number of rotatable bonds is 7. The molecule has 0 atom stereocenters. The zero-order valence-corrected chi connectivity index (χ0v) is 17.7. The van der Waals surface area contributed by atoms with E-state index in [1.165, 1.54) is 0 Å². The number of amides is 1. The number of thiophene rings is 1. The van der Waals surface area contributed by atoms with E-state index in [1.807, 2.05) is 30.7 Å². The van der Waals surface area contributed by atoms with E-state index in [0.717, 1.165) is 67.1 Å². The van der Waals surface area contributed by atoms with Crippen LogP contribution in [-0.2, 0) is 11.2 Å². The van der Waals surface area contributed by atoms with Gasteiger partial charge in [-0.2, -0.15) is 16.4 Å². The first-order chi connectivity index (χ1) is 14.1. The second-order valence-electron chi connectivity index (χ2n) is 7.89. The van der Waals surface area contributed by atoms with Crippen molar-refractivity contribution in [3.8, 4) is 11.5 Å². The molecule has 3 heterocycles. The van der Waals surface area contributed by atoms with Crippen LogP contribution >= 0.6 is 11.3 Å². The van der Waals surface area contributed by atoms with Gasteiger partial charge < -0.3 is 9.73 Å². The number of carbonyl (C=O) groups is 1. The molecule has 0 unspecified atom stereocenters. The third-order valence-electron chi connectivity index (χ3n) is 5.88. The van der Waals surface area contributed by atoms with Crippen molar-refractivity contribution in [2.45, 2.75) is 58.3 Å². The van der Waals surface area contributed by atoms with E-state index < -0.39 is 0 Å². The Morgan fingerprint density at radius 2 is 2.10 bits per heavy atom. The molecule has 29 heavy (non-hydrogen) atoms. The predicted octanol–water partition coefficient (Wildman–Crippen LogP) is 4.16. The number of nitrogens with zero attached hydrogens (tertiary/aromatic N) is 3. The average molecular weight is 414 g/mol. The Morgan fingerprint density at radius 1 is 1.28 bits per heavy atom. The molecule has 0 saturated heterocycles. The van der Waals surface area contributed by atoms with E-state index in [-0.39, 0.29) is 5.91 Å². The minimum atomic E-state index is 0.115. The van der Waals surface area contributed by atoms with Crippen molar-refractivity contribution in [3.63, 3.8) is 0 Å². The average Bonchev–Trinajstić information content (AvgIpc) is 3.47. The Morgan fingerprint density at radius 3 is 2.79 bits per heavy atom. The molecule has 1 fully saturated rings. The summed E-state index contributed by atoms with van der Waals surface area (Å²) in [5.41, 5.74) is 4.18. The van der Waals surface area contributed by atoms with E-state index in [2.05, 4.69) is 25.7 Å². The van der Waals surface area contributed by atoms with Gasteiger partial charge in [0.2, 0.25) is 17.7 Å². The van der Waals surface area contributed by atoms with Crippen molar-refractivity contribution >= 4 is 17.2 Å². The molecule has 0 aromatic carbocycles. The standard InChI is InChI=1S/C21H27N5O2S/c1-13-18(14(2)24-23-13)7-8-19(27)22-11-15-3-5-16(6-4-15)20-25-26-21(28-20)17-9-10-29-12-17/h9-10,12,15-16H,3-8,11H2,1-2H3,(H,22,27)(H,23,24). The van der Waals surface area contributed by atoms with Crippen LogP contribution in [0.4, 0.5) is 0 Å². The summed E-state index contributed by atoms with van der Waals surface area (Å²) in [5.74, 6) is 2.32. The molecule has 1 saturated carbocycles. The van der Waals surface area contributed by atoms with Crippen LogP contribution in [0.5, 0.6) is 0 Å². The summed E-state index contributed by atoms with van der Waals surface area (Å²) in [6.07, 6.45) is 5.43. The molecule has 1 amide bonds. The lowest BCUT2D eigenvalue weighted by Crippen LogP contribution is -2.31. The molecule has 1 aliphatic carbocycles. The van der Waals surface area contributed by atoms with Gasteiger partial charge in [-0.05, 0) is 68.9 Å². The maximum atomic E-state index is 12.2. The van der Waals surface area contributed by atoms with Gasteiger partial charge in [-0.25, -0.2) is 0 Å². The first kappa shape index (κ1) is 19.8. The summed E-state index contributed by atoms with van der Waals surface area (Å²) in [7, 11) is 0. The molecule has 1 aliphatic rings. The number of hydrogen-bond acceptors (Lipinski definition) is 6. The van der Waals surface area contributed by atoms with Gasteiger partial charge in [0.15, 0.2) is 0 Å². The number of hydrogen-bond donors (Lipinski definition) is 2. The smallest absolute Gasteiger partial charge is 0.248 e. The maximum absolute atomic E-state index is 12.2. The van der Waals surface area contributed by atoms with Crippen LogP contribution in [0.25, 0.3) is 11.5 Å². The fourth-order valence-electron chi connectivity index (χ4n) is 4.04. The van der Waals surface area contributed by atoms with Crippen molar-refractivity contribution in [3.05, 3.63) is 39.7 Å². The highest BCUT2D eigenvalue weighted by atomic mass is 32.1. The summed E-state index contributed by atoms with van der Waals surface area (Å²) in [6, 6.07) is 2.00. The van der Waals surface area contributed by atoms with Gasteiger partial charge >= 0.3 is 0 Å². The highest BCUT2D eigenvalue weighted by molar-refractivity contribution is 7.08. The second-order valence-corrected chi connectivity index (χ2v) is 8.67. The van der Waals surface area contributed by atoms with Crippen LogP contribution in [0, 0.1) is 19.8 Å². The first-order valence-electron chi connectivity index (χ1n) is 10.2. The normalized spacial score (nSPS) is 19.4. The lowest BCUT2D eigenvalue weighted by atomic mass is 9.82. The van der Waals surface area contributed by atoms with Gasteiger partial charge in [-0.1, -0.05) is 0 Å². The van der Waals surface area contributed by atoms with Crippen molar-refractivity contribution in [1.82, 2.24) is 25.7 Å². The quantitative estimate of drug-likeness (QED) is 0.606. The lowest BCUT2D eigenvalue weighted by molar-refractivity contribution is -0.121. The van der Waals surface area contributed by atoms with Crippen LogP contribution in [0.15, 0.2) is 21.2 Å². The second kappa shape index (κ2) is 8.90. The van der Waals surface area contributed by atoms with Gasteiger partial charge in [0, 0.05) is 35.5 Å². The molecule has 2 N–H and O–H groups in total. The van der Waals surface area contributed by atoms with Gasteiger partial charge in [0.25, 0.3) is 0 Å². The van der Waals surface area contributed by atoms with Crippen molar-refractivity contribution in [1.29, 1.82) is 0 Å². The van der Waals surface area contributed by atoms with Gasteiger partial charge in [0.1, 0.15) is 0 Å². The van der Waals surface area contributed by atoms with Crippen LogP contribution in [0.2, 0.25) is 0 Å². The highest BCUT2D eigenvalue weighted by Crippen LogP contribution is 2.36. The Balaban J connectivity index is 1.20. The Labute approximate surface area is 174 Å². The molecule has 3 aromatic rings. The molecule has 0 aliphatic heterocycles. The van der Waals surface area contributed by atoms with Crippen LogP contribution in [0.3, 0.4) is 0 Å². The number of aromatic amines is 1. The molecule has 3 aromatic heterocycles. The van der Waals surface area contributed by atoms with Crippen LogP contribution < -0.4 is 5.32 Å². The number of nitrogens with one attached hydrogen (secondary N) is 2. The van der Waals surface area contributed by atoms with E-state index in [4.69, 9.17) is 4.42 Å². The molecule has 0 bridgehead atoms. The number of aryl methyl sites for hydroxylation is 2. The Hall–Kier alpha value is -2.48. The van der Waals surface area contributed by atoms with E-state index in [1.54, 1.807) is 11.3 Å². The van der Waals surface area contributed by atoms with E-state index >= 15 is 0 Å². The highest BCUT2D eigenvalue weighted by Gasteiger charge is 2.26. The third kappa shape index (κ3) is 4.75. The SMILES string of the molecule is Cc1n[nH]c(C)c1CCC(=O)NCC1CCC(c2nnc(-c3ccsc3)o2)CC1. The Kier molecular flexibility index (Phi) is 6.08. The summed E-state index contributed by atoms with van der Waals surface area (Å²) in [6.45, 7) is 4.72. The number of aromatic nitrogens is 4. The molecule has 154 valence electrons. The van der Waals surface area contributed by atoms with Crippen molar-refractivity contribution in [2.24, 2.45) is 5.92 Å². The summed E-state index contributed by atoms with van der Waals surface area (Å²) in [4.78, 5) is 12.2. The molecular formula is C21H27N5O2S. The molecule has 0 radical (unpaired) electrons. The summed E-state index contributed by atoms with van der Waals surface area (Å²) < 4.78 is 5.89. The van der Waals surface area contributed by atoms with Crippen molar-refractivity contribution in [2.75, 3.05) is 6.54 Å². The first-order valence-corrected chi connectivity index (χ1v) is 11.2. The van der Waals surface area contributed by atoms with Gasteiger partial charge in [-0.15, -0.1) is 10.2 Å². The fourth-order valence-corrected chi connectivity index (χ4v) is 4.67. The number of carbonyl (C=O) groups excluding carboxylic acids is 1. The van der Waals surface area contributed by atoms with Crippen molar-refractivity contribution < 1.29 is 9.21 Å². The molecule has 0 spiro atoms. The molecular weight excluding hydrogens is 386 g/mol. The largest absolute Gasteiger partial charge is 0.420 e. The van der Waals surface area contributed by atoms with Gasteiger partial charge in [0.05, 0.1) is 5.69 Å². The topological polar surface area (TPSA) is 96.7 Å². The minimum Gasteiger partial charge on any atom is -0.420 e. The van der Waals surface area contributed by atoms with Gasteiger partial charge in [-0.3, -0.25) is 9.89 Å². The fraction of sp³-hybridized carbons (Fsp3) is 0.524. The molecule has 8 heteroatoms. The summed E-state index contributed by atoms with van der Waals surface area (Å²) >= 11 is 1.62. The minimum absolute atomic E-state index is 0.115. The zero-order valence-electron chi connectivity index (χ0n) is 16.9. The van der Waals surface area contributed by atoms with Crippen LogP contribution in [-0.4, -0.2) is 32.8 Å².